The van der Waals surface area contributed by atoms with Crippen LogP contribution >= 0.6 is 0 Å². The Kier molecular flexibility index (Phi) is 7.85. The van der Waals surface area contributed by atoms with Crippen LogP contribution in [-0.2, 0) is 14.8 Å². The maximum Gasteiger partial charge on any atom is 0.269 e. The van der Waals surface area contributed by atoms with Crippen LogP contribution in [0.2, 0.25) is 0 Å². The highest BCUT2D eigenvalue weighted by Gasteiger charge is 2.28. The van der Waals surface area contributed by atoms with Crippen molar-refractivity contribution in [2.24, 2.45) is 0 Å². The van der Waals surface area contributed by atoms with Crippen molar-refractivity contribution >= 4 is 27.3 Å². The number of para-hydroxylation sites is 1. The molecule has 1 N–H and O–H groups in total. The quantitative estimate of drug-likeness (QED) is 0.347. The average molecular weight is 484 g/mol. The molecule has 0 spiro atoms. The van der Waals surface area contributed by atoms with E-state index in [1.807, 2.05) is 31.2 Å². The first-order chi connectivity index (χ1) is 16.2. The van der Waals surface area contributed by atoms with Gasteiger partial charge in [-0.15, -0.1) is 0 Å². The van der Waals surface area contributed by atoms with Gasteiger partial charge < -0.3 is 10.1 Å². The van der Waals surface area contributed by atoms with Crippen molar-refractivity contribution in [2.75, 3.05) is 17.5 Å². The van der Waals surface area contributed by atoms with Gasteiger partial charge in [0.25, 0.3) is 15.7 Å². The van der Waals surface area contributed by atoms with Crippen LogP contribution in [0.4, 0.5) is 11.4 Å². The van der Waals surface area contributed by atoms with E-state index < -0.39 is 33.4 Å². The number of hydrogen-bond acceptors (Lipinski definition) is 6. The van der Waals surface area contributed by atoms with Crippen molar-refractivity contribution < 1.29 is 22.9 Å². The summed E-state index contributed by atoms with van der Waals surface area (Å²) in [5.41, 5.74) is 0.903. The van der Waals surface area contributed by atoms with Crippen LogP contribution in [0, 0.1) is 17.0 Å². The highest BCUT2D eigenvalue weighted by atomic mass is 32.2. The molecular weight excluding hydrogens is 458 g/mol. The molecule has 0 radical (unpaired) electrons. The maximum absolute atomic E-state index is 13.3. The van der Waals surface area contributed by atoms with Crippen molar-refractivity contribution in [3.8, 4) is 5.75 Å². The number of rotatable bonds is 10. The van der Waals surface area contributed by atoms with Crippen molar-refractivity contribution in [3.63, 3.8) is 0 Å². The first-order valence-electron chi connectivity index (χ1n) is 10.5. The number of amides is 1. The molecule has 3 aromatic carbocycles. The van der Waals surface area contributed by atoms with Crippen LogP contribution in [-0.4, -0.2) is 38.4 Å². The lowest BCUT2D eigenvalue weighted by atomic mass is 10.2. The smallest absolute Gasteiger partial charge is 0.269 e. The van der Waals surface area contributed by atoms with Gasteiger partial charge in [0.1, 0.15) is 18.9 Å². The zero-order valence-electron chi connectivity index (χ0n) is 18.7. The fourth-order valence-electron chi connectivity index (χ4n) is 3.20. The molecule has 0 aliphatic rings. The number of nitro benzene ring substituents is 1. The monoisotopic (exact) mass is 483 g/mol. The van der Waals surface area contributed by atoms with E-state index in [9.17, 15) is 23.3 Å². The molecule has 0 bridgehead atoms. The maximum atomic E-state index is 13.3. The molecule has 0 aromatic heterocycles. The topological polar surface area (TPSA) is 119 Å². The number of anilines is 1. The number of nitrogens with zero attached hydrogens (tertiary/aromatic N) is 2. The number of nitrogens with one attached hydrogen (secondary N) is 1. The SMILES string of the molecule is Cc1ccccc1OCC(C)NC(=O)CN(c1ccc([N+](=O)[O-])cc1)S(=O)(=O)c1ccccc1. The zero-order chi connectivity index (χ0) is 24.7. The standard InChI is InChI=1S/C24H25N3O6S/c1-18-8-6-7-11-23(18)33-17-19(2)25-24(28)16-26(20-12-14-21(15-13-20)27(29)30)34(31,32)22-9-4-3-5-10-22/h3-15,19H,16-17H2,1-2H3,(H,25,28). The van der Waals surface area contributed by atoms with Gasteiger partial charge in [-0.05, 0) is 49.7 Å². The molecular formula is C24H25N3O6S. The minimum atomic E-state index is -4.11. The van der Waals surface area contributed by atoms with E-state index in [1.54, 1.807) is 25.1 Å². The molecule has 0 aliphatic heterocycles. The average Bonchev–Trinajstić information content (AvgIpc) is 2.82. The molecule has 10 heteroatoms. The second-order valence-electron chi connectivity index (χ2n) is 7.64. The van der Waals surface area contributed by atoms with Crippen molar-refractivity contribution in [1.82, 2.24) is 5.32 Å². The molecule has 3 rings (SSSR count). The van der Waals surface area contributed by atoms with Gasteiger partial charge in [0.05, 0.1) is 21.5 Å². The summed E-state index contributed by atoms with van der Waals surface area (Å²) in [6.07, 6.45) is 0. The van der Waals surface area contributed by atoms with E-state index in [0.29, 0.717) is 5.75 Å². The van der Waals surface area contributed by atoms with Crippen LogP contribution in [0.3, 0.4) is 0 Å². The van der Waals surface area contributed by atoms with Crippen LogP contribution < -0.4 is 14.4 Å². The van der Waals surface area contributed by atoms with Crippen LogP contribution in [0.5, 0.6) is 5.75 Å². The van der Waals surface area contributed by atoms with Gasteiger partial charge in [-0.1, -0.05) is 36.4 Å². The summed E-state index contributed by atoms with van der Waals surface area (Å²) in [6, 6.07) is 19.7. The molecule has 178 valence electrons. The number of carbonyl (C=O) groups is 1. The third-order valence-electron chi connectivity index (χ3n) is 4.96. The summed E-state index contributed by atoms with van der Waals surface area (Å²) < 4.78 is 33.3. The summed E-state index contributed by atoms with van der Waals surface area (Å²) in [4.78, 5) is 23.2. The minimum Gasteiger partial charge on any atom is -0.491 e. The second-order valence-corrected chi connectivity index (χ2v) is 9.51. The number of aryl methyl sites for hydroxylation is 1. The Morgan fingerprint density at radius 2 is 1.65 bits per heavy atom. The van der Waals surface area contributed by atoms with E-state index in [2.05, 4.69) is 5.32 Å². The second kappa shape index (κ2) is 10.8. The van der Waals surface area contributed by atoms with Gasteiger partial charge in [0, 0.05) is 12.1 Å². The largest absolute Gasteiger partial charge is 0.491 e. The first-order valence-corrected chi connectivity index (χ1v) is 11.9. The van der Waals surface area contributed by atoms with E-state index in [1.165, 1.54) is 36.4 Å². The lowest BCUT2D eigenvalue weighted by Gasteiger charge is -2.25. The highest BCUT2D eigenvalue weighted by Crippen LogP contribution is 2.25. The number of non-ortho nitro benzene ring substituents is 1. The molecule has 0 fully saturated rings. The number of hydrogen-bond donors (Lipinski definition) is 1. The summed E-state index contributed by atoms with van der Waals surface area (Å²) in [7, 11) is -4.11. The van der Waals surface area contributed by atoms with Crippen LogP contribution in [0.25, 0.3) is 0 Å². The predicted molar refractivity (Wildman–Crippen MR) is 128 cm³/mol. The Balaban J connectivity index is 1.77. The molecule has 0 heterocycles. The minimum absolute atomic E-state index is 0.00270. The van der Waals surface area contributed by atoms with Gasteiger partial charge in [-0.2, -0.15) is 0 Å². The Hall–Kier alpha value is -3.92. The van der Waals surface area contributed by atoms with Gasteiger partial charge >= 0.3 is 0 Å². The molecule has 0 aliphatic carbocycles. The van der Waals surface area contributed by atoms with Crippen LogP contribution in [0.15, 0.2) is 83.8 Å². The van der Waals surface area contributed by atoms with Gasteiger partial charge in [-0.3, -0.25) is 19.2 Å². The molecule has 1 amide bonds. The van der Waals surface area contributed by atoms with E-state index >= 15 is 0 Å². The molecule has 0 saturated heterocycles. The molecule has 34 heavy (non-hydrogen) atoms. The molecule has 1 unspecified atom stereocenters. The lowest BCUT2D eigenvalue weighted by Crippen LogP contribution is -2.45. The normalized spacial score (nSPS) is 11.9. The summed E-state index contributed by atoms with van der Waals surface area (Å²) in [5.74, 6) is 0.154. The van der Waals surface area contributed by atoms with E-state index in [-0.39, 0.29) is 22.9 Å². The lowest BCUT2D eigenvalue weighted by molar-refractivity contribution is -0.384. The fraction of sp³-hybridized carbons (Fsp3) is 0.208. The number of sulfonamides is 1. The van der Waals surface area contributed by atoms with Gasteiger partial charge in [0.15, 0.2) is 0 Å². The number of benzene rings is 3. The fourth-order valence-corrected chi connectivity index (χ4v) is 4.64. The van der Waals surface area contributed by atoms with Crippen molar-refractivity contribution in [2.45, 2.75) is 24.8 Å². The summed E-state index contributed by atoms with van der Waals surface area (Å²) in [6.45, 7) is 3.34. The third kappa shape index (κ3) is 6.10. The number of ether oxygens (including phenoxy) is 1. The Morgan fingerprint density at radius 3 is 2.26 bits per heavy atom. The molecule has 1 atom stereocenters. The van der Waals surface area contributed by atoms with Gasteiger partial charge in [-0.25, -0.2) is 8.42 Å². The van der Waals surface area contributed by atoms with E-state index in [4.69, 9.17) is 4.74 Å². The Labute approximate surface area is 198 Å². The molecule has 0 saturated carbocycles. The highest BCUT2D eigenvalue weighted by molar-refractivity contribution is 7.92. The van der Waals surface area contributed by atoms with Crippen LogP contribution in [0.1, 0.15) is 12.5 Å². The first kappa shape index (κ1) is 24.7. The summed E-state index contributed by atoms with van der Waals surface area (Å²) in [5, 5.41) is 13.7. The molecule has 3 aromatic rings. The Morgan fingerprint density at radius 1 is 1.03 bits per heavy atom. The summed E-state index contributed by atoms with van der Waals surface area (Å²) >= 11 is 0. The Bertz CT molecular complexity index is 1250. The van der Waals surface area contributed by atoms with Crippen molar-refractivity contribution in [1.29, 1.82) is 0 Å². The number of nitro groups is 1. The van der Waals surface area contributed by atoms with Gasteiger partial charge in [0.2, 0.25) is 5.91 Å². The molecule has 9 nitrogen and oxygen atoms in total. The predicted octanol–water partition coefficient (Wildman–Crippen LogP) is 3.68. The third-order valence-corrected chi connectivity index (χ3v) is 6.74. The zero-order valence-corrected chi connectivity index (χ0v) is 19.6. The van der Waals surface area contributed by atoms with E-state index in [0.717, 1.165) is 9.87 Å². The van der Waals surface area contributed by atoms with Crippen molar-refractivity contribution in [3.05, 3.63) is 94.5 Å². The number of carbonyl (C=O) groups excluding carboxylic acids is 1.